The first-order valence-corrected chi connectivity index (χ1v) is 11.8. The monoisotopic (exact) mass is 548 g/mol. The fourth-order valence-electron chi connectivity index (χ4n) is 2.51. The van der Waals surface area contributed by atoms with Crippen molar-refractivity contribution in [3.05, 3.63) is 24.3 Å². The summed E-state index contributed by atoms with van der Waals surface area (Å²) in [6.07, 6.45) is 1.66. The Balaban J connectivity index is 0.00000392. The van der Waals surface area contributed by atoms with Gasteiger partial charge in [0.1, 0.15) is 12.4 Å². The van der Waals surface area contributed by atoms with Crippen LogP contribution in [-0.2, 0) is 24.8 Å². The summed E-state index contributed by atoms with van der Waals surface area (Å²) in [5, 5.41) is 0. The highest BCUT2D eigenvalue weighted by molar-refractivity contribution is 14.0. The topological polar surface area (TPSA) is 132 Å². The molecule has 0 amide bonds. The van der Waals surface area contributed by atoms with Crippen molar-refractivity contribution in [2.45, 2.75) is 0 Å². The van der Waals surface area contributed by atoms with Crippen LogP contribution in [0.1, 0.15) is 0 Å². The summed E-state index contributed by atoms with van der Waals surface area (Å²) in [6, 6.07) is 5.72. The molecule has 28 heavy (non-hydrogen) atoms. The van der Waals surface area contributed by atoms with E-state index in [4.69, 9.17) is 15.2 Å². The zero-order chi connectivity index (χ0) is 20.1. The van der Waals surface area contributed by atoms with E-state index < -0.39 is 20.0 Å². The maximum absolute atomic E-state index is 11.7. The molecule has 1 fully saturated rings. The van der Waals surface area contributed by atoms with Crippen molar-refractivity contribution >= 4 is 55.7 Å². The maximum Gasteiger partial charge on any atom is 0.245 e. The molecule has 0 radical (unpaired) electrons. The first-order chi connectivity index (χ1) is 12.6. The number of hydrogen-bond acceptors (Lipinski definition) is 7. The summed E-state index contributed by atoms with van der Waals surface area (Å²) in [5.74, 6) is 0.898. The Morgan fingerprint density at radius 3 is 2.18 bits per heavy atom. The van der Waals surface area contributed by atoms with E-state index in [1.807, 2.05) is 4.90 Å². The molecular formula is C15H25IN4O6S2. The predicted octanol–water partition coefficient (Wildman–Crippen LogP) is 0.0559. The van der Waals surface area contributed by atoms with Crippen LogP contribution in [0.3, 0.4) is 0 Å². The highest BCUT2D eigenvalue weighted by atomic mass is 127. The first kappa shape index (κ1) is 24.7. The fourth-order valence-corrected chi connectivity index (χ4v) is 5.49. The summed E-state index contributed by atoms with van der Waals surface area (Å²) in [7, 11) is -7.94. The second kappa shape index (κ2) is 10.5. The van der Waals surface area contributed by atoms with Gasteiger partial charge in [0.15, 0.2) is 5.96 Å². The highest BCUT2D eigenvalue weighted by Crippen LogP contribution is 2.23. The number of anilines is 1. The van der Waals surface area contributed by atoms with Gasteiger partial charge in [-0.2, -0.15) is 3.71 Å². The molecule has 1 aliphatic heterocycles. The number of ether oxygens (including phenoxy) is 2. The minimum absolute atomic E-state index is 0. The fraction of sp³-hybridized carbons (Fsp3) is 0.533. The molecule has 160 valence electrons. The molecule has 0 aliphatic carbocycles. The summed E-state index contributed by atoms with van der Waals surface area (Å²) >= 11 is 0. The van der Waals surface area contributed by atoms with Crippen LogP contribution in [0, 0.1) is 0 Å². The molecule has 2 N–H and O–H groups in total. The molecule has 1 saturated heterocycles. The number of sulfonamides is 2. The smallest absolute Gasteiger partial charge is 0.245 e. The Kier molecular flexibility index (Phi) is 9.23. The number of hydrogen-bond donors (Lipinski definition) is 1. The number of guanidine groups is 1. The van der Waals surface area contributed by atoms with E-state index in [1.54, 1.807) is 0 Å². The van der Waals surface area contributed by atoms with E-state index in [1.165, 1.54) is 24.3 Å². The molecule has 1 aliphatic rings. The average Bonchev–Trinajstić information content (AvgIpc) is 2.58. The molecule has 2 rings (SSSR count). The van der Waals surface area contributed by atoms with Crippen molar-refractivity contribution in [2.75, 3.05) is 55.7 Å². The van der Waals surface area contributed by atoms with Gasteiger partial charge in [0.25, 0.3) is 0 Å². The molecule has 0 unspecified atom stereocenters. The minimum Gasteiger partial charge on any atom is -0.492 e. The van der Waals surface area contributed by atoms with Crippen LogP contribution in [0.25, 0.3) is 0 Å². The molecular weight excluding hydrogens is 523 g/mol. The average molecular weight is 548 g/mol. The largest absolute Gasteiger partial charge is 0.492 e. The van der Waals surface area contributed by atoms with Gasteiger partial charge in [-0.3, -0.25) is 0 Å². The van der Waals surface area contributed by atoms with Crippen molar-refractivity contribution in [2.24, 2.45) is 10.7 Å². The molecule has 1 aromatic carbocycles. The number of morpholine rings is 1. The van der Waals surface area contributed by atoms with Gasteiger partial charge in [-0.05, 0) is 24.3 Å². The molecule has 13 heteroatoms. The lowest BCUT2D eigenvalue weighted by molar-refractivity contribution is 0.0674. The van der Waals surface area contributed by atoms with E-state index in [0.29, 0.717) is 48.3 Å². The summed E-state index contributed by atoms with van der Waals surface area (Å²) in [4.78, 5) is 6.18. The third-order valence-electron chi connectivity index (χ3n) is 3.62. The second-order valence-corrected chi connectivity index (χ2v) is 9.80. The third-order valence-corrected chi connectivity index (χ3v) is 6.87. The number of nitrogens with two attached hydrogens (primary N) is 1. The van der Waals surface area contributed by atoms with Gasteiger partial charge in [0.05, 0.1) is 38.0 Å². The van der Waals surface area contributed by atoms with Gasteiger partial charge < -0.3 is 20.1 Å². The van der Waals surface area contributed by atoms with Crippen LogP contribution >= 0.6 is 24.0 Å². The number of benzene rings is 1. The molecule has 0 atom stereocenters. The lowest BCUT2D eigenvalue weighted by atomic mass is 10.3. The van der Waals surface area contributed by atoms with Gasteiger partial charge in [-0.1, -0.05) is 0 Å². The zero-order valence-corrected chi connectivity index (χ0v) is 19.6. The van der Waals surface area contributed by atoms with Crippen molar-refractivity contribution in [3.63, 3.8) is 0 Å². The number of nitrogens with zero attached hydrogens (tertiary/aromatic N) is 3. The highest BCUT2D eigenvalue weighted by Gasteiger charge is 2.27. The van der Waals surface area contributed by atoms with Crippen LogP contribution < -0.4 is 14.2 Å². The number of rotatable bonds is 7. The van der Waals surface area contributed by atoms with Crippen LogP contribution in [0.2, 0.25) is 0 Å². The van der Waals surface area contributed by atoms with Crippen molar-refractivity contribution in [3.8, 4) is 5.75 Å². The summed E-state index contributed by atoms with van der Waals surface area (Å²) < 4.78 is 58.1. The molecule has 0 bridgehead atoms. The Labute approximate surface area is 182 Å². The molecule has 1 aromatic rings. The predicted molar refractivity (Wildman–Crippen MR) is 118 cm³/mol. The summed E-state index contributed by atoms with van der Waals surface area (Å²) in [6.45, 7) is 3.27. The van der Waals surface area contributed by atoms with E-state index in [2.05, 4.69) is 4.99 Å². The van der Waals surface area contributed by atoms with E-state index in [-0.39, 0.29) is 36.3 Å². The standard InChI is InChI=1S/C15H24N4O6S2.HI/c1-26(20,21)19(27(2,22)23)13-3-5-14(6-4-13)25-10-7-17-15(16)18-8-11-24-12-9-18;/h3-6H,7-12H2,1-2H3,(H2,16,17);1H. The first-order valence-electron chi connectivity index (χ1n) is 8.15. The molecule has 0 saturated carbocycles. The summed E-state index contributed by atoms with van der Waals surface area (Å²) in [5.41, 5.74) is 5.92. The Morgan fingerprint density at radius 2 is 1.68 bits per heavy atom. The van der Waals surface area contributed by atoms with E-state index >= 15 is 0 Å². The van der Waals surface area contributed by atoms with Crippen LogP contribution in [0.5, 0.6) is 5.75 Å². The van der Waals surface area contributed by atoms with E-state index in [0.717, 1.165) is 12.5 Å². The van der Waals surface area contributed by atoms with Gasteiger partial charge in [0.2, 0.25) is 20.0 Å². The van der Waals surface area contributed by atoms with Gasteiger partial charge in [-0.25, -0.2) is 21.8 Å². The number of aliphatic imine (C=N–C) groups is 1. The minimum atomic E-state index is -3.97. The molecule has 0 aromatic heterocycles. The molecule has 0 spiro atoms. The lowest BCUT2D eigenvalue weighted by Crippen LogP contribution is -2.45. The van der Waals surface area contributed by atoms with Crippen molar-refractivity contribution in [1.82, 2.24) is 4.90 Å². The number of halogens is 1. The van der Waals surface area contributed by atoms with Crippen LogP contribution in [0.4, 0.5) is 5.69 Å². The molecule has 10 nitrogen and oxygen atoms in total. The third kappa shape index (κ3) is 7.25. The Hall–Kier alpha value is -1.32. The van der Waals surface area contributed by atoms with Crippen LogP contribution in [0.15, 0.2) is 29.3 Å². The normalized spacial score (nSPS) is 15.6. The Bertz CT molecular complexity index is 836. The lowest BCUT2D eigenvalue weighted by Gasteiger charge is -2.27. The zero-order valence-electron chi connectivity index (χ0n) is 15.6. The molecule has 1 heterocycles. The second-order valence-electron chi connectivity index (χ2n) is 5.90. The van der Waals surface area contributed by atoms with Crippen molar-refractivity contribution < 1.29 is 26.3 Å². The van der Waals surface area contributed by atoms with Crippen molar-refractivity contribution in [1.29, 1.82) is 0 Å². The Morgan fingerprint density at radius 1 is 1.14 bits per heavy atom. The van der Waals surface area contributed by atoms with Gasteiger partial charge in [0, 0.05) is 13.1 Å². The van der Waals surface area contributed by atoms with Crippen LogP contribution in [-0.4, -0.2) is 79.7 Å². The van der Waals surface area contributed by atoms with E-state index in [9.17, 15) is 16.8 Å². The van der Waals surface area contributed by atoms with Gasteiger partial charge >= 0.3 is 0 Å². The SMILES string of the molecule is CS(=O)(=O)N(c1ccc(OCCN=C(N)N2CCOCC2)cc1)S(C)(=O)=O.I. The quantitative estimate of drug-likeness (QED) is 0.219. The van der Waals surface area contributed by atoms with Gasteiger partial charge in [-0.15, -0.1) is 24.0 Å². The maximum atomic E-state index is 11.7.